The molecule has 0 saturated carbocycles. The van der Waals surface area contributed by atoms with Crippen LogP contribution in [-0.4, -0.2) is 33.8 Å². The zero-order valence-corrected chi connectivity index (χ0v) is 18.6. The maximum absolute atomic E-state index is 13.0. The molecule has 1 amide bonds. The van der Waals surface area contributed by atoms with E-state index in [2.05, 4.69) is 42.5 Å². The molecule has 0 aliphatic carbocycles. The van der Waals surface area contributed by atoms with Gasteiger partial charge in [0.1, 0.15) is 5.60 Å². The number of aliphatic hydroxyl groups is 1. The fourth-order valence-electron chi connectivity index (χ4n) is 5.70. The van der Waals surface area contributed by atoms with Crippen LogP contribution in [-0.2, 0) is 10.3 Å². The van der Waals surface area contributed by atoms with E-state index in [1.165, 1.54) is 10.8 Å². The van der Waals surface area contributed by atoms with Crippen LogP contribution in [0.5, 0.6) is 0 Å². The van der Waals surface area contributed by atoms with Gasteiger partial charge < -0.3 is 14.7 Å². The Morgan fingerprint density at radius 2 is 1.55 bits per heavy atom. The lowest BCUT2D eigenvalue weighted by atomic mass is 9.71. The van der Waals surface area contributed by atoms with E-state index in [9.17, 15) is 9.90 Å². The van der Waals surface area contributed by atoms with Crippen molar-refractivity contribution in [1.29, 1.82) is 0 Å². The Kier molecular flexibility index (Phi) is 4.74. The Hall–Kier alpha value is -2.59. The minimum atomic E-state index is -0.960. The van der Waals surface area contributed by atoms with E-state index in [0.717, 1.165) is 35.6 Å². The third-order valence-electron chi connectivity index (χ3n) is 6.88. The lowest BCUT2D eigenvalue weighted by Gasteiger charge is -2.52. The lowest BCUT2D eigenvalue weighted by Crippen LogP contribution is -2.59. The average Bonchev–Trinajstić information content (AvgIpc) is 2.71. The normalized spacial score (nSPS) is 26.3. The van der Waals surface area contributed by atoms with Crippen LogP contribution in [0.1, 0.15) is 58.4 Å². The highest BCUT2D eigenvalue weighted by Crippen LogP contribution is 2.47. The van der Waals surface area contributed by atoms with Crippen molar-refractivity contribution >= 4 is 27.6 Å². The predicted octanol–water partition coefficient (Wildman–Crippen LogP) is 6.13. The summed E-state index contributed by atoms with van der Waals surface area (Å²) in [6.45, 7) is 5.71. The van der Waals surface area contributed by atoms with E-state index in [0.29, 0.717) is 12.8 Å². The Morgan fingerprint density at radius 3 is 2.19 bits per heavy atom. The van der Waals surface area contributed by atoms with Crippen LogP contribution in [0.2, 0.25) is 0 Å². The number of nitrogens with zero attached hydrogens (tertiary/aromatic N) is 1. The number of benzene rings is 3. The van der Waals surface area contributed by atoms with Crippen LogP contribution >= 0.6 is 0 Å². The van der Waals surface area contributed by atoms with Crippen molar-refractivity contribution in [2.24, 2.45) is 0 Å². The summed E-state index contributed by atoms with van der Waals surface area (Å²) in [5, 5.41) is 16.7. The van der Waals surface area contributed by atoms with E-state index < -0.39 is 11.2 Å². The highest BCUT2D eigenvalue weighted by Gasteiger charge is 2.49. The van der Waals surface area contributed by atoms with Crippen LogP contribution in [0.25, 0.3) is 21.5 Å². The third-order valence-corrected chi connectivity index (χ3v) is 6.88. The molecular formula is C27H31NO3. The summed E-state index contributed by atoms with van der Waals surface area (Å²) in [5.41, 5.74) is -0.492. The van der Waals surface area contributed by atoms with Crippen LogP contribution in [0, 0.1) is 0 Å². The van der Waals surface area contributed by atoms with Gasteiger partial charge in [0, 0.05) is 24.9 Å². The summed E-state index contributed by atoms with van der Waals surface area (Å²) >= 11 is 0. The maximum atomic E-state index is 13.0. The first kappa shape index (κ1) is 20.3. The van der Waals surface area contributed by atoms with Crippen molar-refractivity contribution in [2.45, 2.75) is 76.2 Å². The molecule has 2 heterocycles. The number of hydrogen-bond donors (Lipinski definition) is 1. The zero-order chi connectivity index (χ0) is 21.8. The van der Waals surface area contributed by atoms with Gasteiger partial charge in [-0.2, -0.15) is 0 Å². The van der Waals surface area contributed by atoms with Crippen LogP contribution in [0.15, 0.2) is 54.6 Å². The van der Waals surface area contributed by atoms with Gasteiger partial charge in [0.15, 0.2) is 0 Å². The largest absolute Gasteiger partial charge is 0.444 e. The van der Waals surface area contributed by atoms with E-state index in [1.54, 1.807) is 0 Å². The van der Waals surface area contributed by atoms with E-state index >= 15 is 0 Å². The van der Waals surface area contributed by atoms with Crippen LogP contribution in [0.4, 0.5) is 4.79 Å². The molecule has 2 saturated heterocycles. The summed E-state index contributed by atoms with van der Waals surface area (Å²) in [4.78, 5) is 14.9. The van der Waals surface area contributed by atoms with E-state index in [-0.39, 0.29) is 18.2 Å². The van der Waals surface area contributed by atoms with Crippen molar-refractivity contribution in [3.05, 3.63) is 60.2 Å². The van der Waals surface area contributed by atoms with E-state index in [1.807, 2.05) is 37.8 Å². The lowest BCUT2D eigenvalue weighted by molar-refractivity contribution is -0.0957. The molecular weight excluding hydrogens is 386 g/mol. The number of carbonyl (C=O) groups excluding carboxylic acids is 1. The fraction of sp³-hybridized carbons (Fsp3) is 0.444. The second kappa shape index (κ2) is 7.23. The Bertz CT molecular complexity index is 1130. The SMILES string of the molecule is CC(C)(C)OC(=O)N1C2CCCC1CC(O)(c1cc3ccccc3c3ccccc13)C2. The van der Waals surface area contributed by atoms with Crippen LogP contribution in [0.3, 0.4) is 0 Å². The molecule has 2 atom stereocenters. The van der Waals surface area contributed by atoms with Crippen LogP contribution < -0.4 is 0 Å². The summed E-state index contributed by atoms with van der Waals surface area (Å²) in [6, 6.07) is 18.9. The number of hydrogen-bond acceptors (Lipinski definition) is 3. The Labute approximate surface area is 183 Å². The van der Waals surface area contributed by atoms with E-state index in [4.69, 9.17) is 4.74 Å². The molecule has 1 N–H and O–H groups in total. The summed E-state index contributed by atoms with van der Waals surface area (Å²) in [7, 11) is 0. The van der Waals surface area contributed by atoms with Gasteiger partial charge in [-0.05, 0) is 73.2 Å². The van der Waals surface area contributed by atoms with Gasteiger partial charge in [-0.25, -0.2) is 4.79 Å². The van der Waals surface area contributed by atoms with Gasteiger partial charge in [0.25, 0.3) is 0 Å². The minimum Gasteiger partial charge on any atom is -0.444 e. The highest BCUT2D eigenvalue weighted by atomic mass is 16.6. The number of rotatable bonds is 1. The van der Waals surface area contributed by atoms with Crippen molar-refractivity contribution in [3.8, 4) is 0 Å². The van der Waals surface area contributed by atoms with Gasteiger partial charge in [-0.15, -0.1) is 0 Å². The first-order valence-electron chi connectivity index (χ1n) is 11.4. The number of fused-ring (bicyclic) bond motifs is 5. The molecule has 3 aromatic carbocycles. The van der Waals surface area contributed by atoms with Crippen molar-refractivity contribution in [1.82, 2.24) is 4.90 Å². The van der Waals surface area contributed by atoms with Gasteiger partial charge in [0.2, 0.25) is 0 Å². The quantitative estimate of drug-likeness (QED) is 0.484. The average molecular weight is 418 g/mol. The molecule has 0 radical (unpaired) electrons. The molecule has 2 fully saturated rings. The zero-order valence-electron chi connectivity index (χ0n) is 18.6. The molecule has 2 aliphatic rings. The first-order chi connectivity index (χ1) is 14.8. The standard InChI is InChI=1S/C27H31NO3/c1-26(2,3)31-25(29)28-19-10-8-11-20(28)17-27(30,16-19)24-15-18-9-4-5-12-21(18)22-13-6-7-14-23(22)24/h4-7,9,12-15,19-20,30H,8,10-11,16-17H2,1-3H3. The molecule has 31 heavy (non-hydrogen) atoms. The third kappa shape index (κ3) is 3.57. The molecule has 2 aliphatic heterocycles. The second-order valence-electron chi connectivity index (χ2n) is 10.3. The van der Waals surface area contributed by atoms with Gasteiger partial charge in [0.05, 0.1) is 5.60 Å². The monoisotopic (exact) mass is 417 g/mol. The molecule has 5 rings (SSSR count). The van der Waals surface area contributed by atoms with Crippen molar-refractivity contribution < 1.29 is 14.6 Å². The molecule has 2 bridgehead atoms. The molecule has 0 spiro atoms. The number of amides is 1. The number of carbonyl (C=O) groups is 1. The molecule has 162 valence electrons. The van der Waals surface area contributed by atoms with Gasteiger partial charge >= 0.3 is 6.09 Å². The van der Waals surface area contributed by atoms with Gasteiger partial charge in [-0.1, -0.05) is 48.5 Å². The predicted molar refractivity (Wildman–Crippen MR) is 124 cm³/mol. The van der Waals surface area contributed by atoms with Crippen molar-refractivity contribution in [3.63, 3.8) is 0 Å². The maximum Gasteiger partial charge on any atom is 0.410 e. The summed E-state index contributed by atoms with van der Waals surface area (Å²) < 4.78 is 5.72. The minimum absolute atomic E-state index is 0.00224. The smallest absolute Gasteiger partial charge is 0.410 e. The highest BCUT2D eigenvalue weighted by molar-refractivity contribution is 6.09. The molecule has 4 heteroatoms. The Morgan fingerprint density at radius 1 is 0.968 bits per heavy atom. The topological polar surface area (TPSA) is 49.8 Å². The molecule has 0 aromatic heterocycles. The number of piperidine rings is 2. The first-order valence-corrected chi connectivity index (χ1v) is 11.4. The molecule has 3 aromatic rings. The fourth-order valence-corrected chi connectivity index (χ4v) is 5.70. The molecule has 2 unspecified atom stereocenters. The van der Waals surface area contributed by atoms with Gasteiger partial charge in [-0.3, -0.25) is 0 Å². The number of ether oxygens (including phenoxy) is 1. The Balaban J connectivity index is 1.58. The summed E-state index contributed by atoms with van der Waals surface area (Å²) in [5.74, 6) is 0. The summed E-state index contributed by atoms with van der Waals surface area (Å²) in [6.07, 6.45) is 3.75. The second-order valence-corrected chi connectivity index (χ2v) is 10.3. The van der Waals surface area contributed by atoms with Crippen molar-refractivity contribution in [2.75, 3.05) is 0 Å². The molecule has 4 nitrogen and oxygen atoms in total.